The van der Waals surface area contributed by atoms with E-state index in [4.69, 9.17) is 37.4 Å². The average molecular weight is 529 g/mol. The Morgan fingerprint density at radius 3 is 2.65 bits per heavy atom. The van der Waals surface area contributed by atoms with Gasteiger partial charge in [-0.25, -0.2) is 14.6 Å². The molecule has 1 aliphatic rings. The molecule has 0 atom stereocenters. The predicted molar refractivity (Wildman–Crippen MR) is 120 cm³/mol. The zero-order valence-electron chi connectivity index (χ0n) is 16.4. The number of carbonyl (C=O) groups is 2. The second-order valence-electron chi connectivity index (χ2n) is 6.09. The fourth-order valence-electron chi connectivity index (χ4n) is 2.58. The van der Waals surface area contributed by atoms with E-state index < -0.39 is 11.9 Å². The van der Waals surface area contributed by atoms with Crippen molar-refractivity contribution in [2.75, 3.05) is 20.3 Å². The van der Waals surface area contributed by atoms with Gasteiger partial charge in [0.1, 0.15) is 0 Å². The molecule has 162 valence electrons. The van der Waals surface area contributed by atoms with E-state index in [0.717, 1.165) is 0 Å². The van der Waals surface area contributed by atoms with Gasteiger partial charge in [0.15, 0.2) is 23.8 Å². The van der Waals surface area contributed by atoms with E-state index in [2.05, 4.69) is 25.7 Å². The lowest BCUT2D eigenvalue weighted by Gasteiger charge is -2.14. The van der Waals surface area contributed by atoms with Crippen LogP contribution in [0.3, 0.4) is 0 Å². The number of cyclic esters (lactones) is 1. The van der Waals surface area contributed by atoms with E-state index in [9.17, 15) is 9.59 Å². The molecule has 10 heteroatoms. The maximum atomic E-state index is 12.3. The van der Waals surface area contributed by atoms with Crippen LogP contribution in [0, 0.1) is 0 Å². The number of esters is 2. The van der Waals surface area contributed by atoms with Crippen molar-refractivity contribution in [3.05, 3.63) is 61.7 Å². The van der Waals surface area contributed by atoms with E-state index >= 15 is 0 Å². The van der Waals surface area contributed by atoms with Crippen LogP contribution in [0.4, 0.5) is 0 Å². The number of nitrogens with zero attached hydrogens (tertiary/aromatic N) is 1. The Morgan fingerprint density at radius 2 is 1.97 bits per heavy atom. The summed E-state index contributed by atoms with van der Waals surface area (Å²) in [5.41, 5.74) is 1.22. The van der Waals surface area contributed by atoms with E-state index in [1.165, 1.54) is 7.11 Å². The van der Waals surface area contributed by atoms with Gasteiger partial charge in [0.25, 0.3) is 0 Å². The molecule has 2 aromatic carbocycles. The lowest BCUT2D eigenvalue weighted by atomic mass is 10.1. The summed E-state index contributed by atoms with van der Waals surface area (Å²) in [7, 11) is 1.27. The van der Waals surface area contributed by atoms with Crippen LogP contribution in [0.5, 0.6) is 11.5 Å². The van der Waals surface area contributed by atoms with Crippen molar-refractivity contribution in [3.8, 4) is 11.5 Å². The minimum Gasteiger partial charge on any atom is -0.490 e. The molecule has 1 aliphatic heterocycles. The predicted octanol–water partition coefficient (Wildman–Crippen LogP) is 5.05. The molecule has 3 rings (SSSR count). The minimum absolute atomic E-state index is 0.0960. The summed E-state index contributed by atoms with van der Waals surface area (Å²) in [6, 6.07) is 8.17. The van der Waals surface area contributed by atoms with Gasteiger partial charge < -0.3 is 18.9 Å². The second kappa shape index (κ2) is 10.2. The van der Waals surface area contributed by atoms with Crippen LogP contribution in [0.15, 0.2) is 45.5 Å². The van der Waals surface area contributed by atoms with Gasteiger partial charge in [-0.2, -0.15) is 0 Å². The van der Waals surface area contributed by atoms with Gasteiger partial charge in [0.2, 0.25) is 5.90 Å². The molecule has 0 N–H and O–H groups in total. The molecule has 0 amide bonds. The van der Waals surface area contributed by atoms with Gasteiger partial charge in [-0.1, -0.05) is 23.2 Å². The van der Waals surface area contributed by atoms with Gasteiger partial charge in [0, 0.05) is 5.56 Å². The van der Waals surface area contributed by atoms with Crippen LogP contribution >= 0.6 is 39.1 Å². The Labute approximate surface area is 196 Å². The monoisotopic (exact) mass is 527 g/mol. The van der Waals surface area contributed by atoms with Crippen LogP contribution in [0.1, 0.15) is 18.1 Å². The summed E-state index contributed by atoms with van der Waals surface area (Å²) in [6.07, 6.45) is 1.55. The Morgan fingerprint density at radius 1 is 1.19 bits per heavy atom. The second-order valence-corrected chi connectivity index (χ2v) is 7.76. The number of methoxy groups -OCH3 is 1. The Kier molecular flexibility index (Phi) is 7.59. The van der Waals surface area contributed by atoms with Crippen molar-refractivity contribution in [1.82, 2.24) is 0 Å². The Hall–Kier alpha value is -2.55. The van der Waals surface area contributed by atoms with E-state index in [1.807, 2.05) is 6.92 Å². The number of carbonyl (C=O) groups excluding carboxylic acids is 2. The van der Waals surface area contributed by atoms with Gasteiger partial charge in [-0.15, -0.1) is 0 Å². The highest BCUT2D eigenvalue weighted by Gasteiger charge is 2.25. The fraction of sp³-hybridized carbons (Fsp3) is 0.190. The molecule has 2 aromatic rings. The van der Waals surface area contributed by atoms with Crippen molar-refractivity contribution in [2.45, 2.75) is 6.92 Å². The first-order chi connectivity index (χ1) is 14.8. The first kappa shape index (κ1) is 23.1. The molecule has 0 radical (unpaired) electrons. The maximum Gasteiger partial charge on any atom is 0.363 e. The third kappa shape index (κ3) is 5.58. The molecule has 31 heavy (non-hydrogen) atoms. The third-order valence-electron chi connectivity index (χ3n) is 3.98. The van der Waals surface area contributed by atoms with Gasteiger partial charge in [0.05, 0.1) is 28.2 Å². The maximum absolute atomic E-state index is 12.3. The van der Waals surface area contributed by atoms with E-state index in [-0.39, 0.29) is 18.2 Å². The van der Waals surface area contributed by atoms with Crippen LogP contribution < -0.4 is 9.47 Å². The molecule has 0 saturated carbocycles. The number of benzene rings is 2. The number of ether oxygens (including phenoxy) is 4. The number of hydrogen-bond donors (Lipinski definition) is 0. The third-order valence-corrected chi connectivity index (χ3v) is 5.31. The topological polar surface area (TPSA) is 83.4 Å². The summed E-state index contributed by atoms with van der Waals surface area (Å²) in [5.74, 6) is -0.299. The zero-order valence-corrected chi connectivity index (χ0v) is 19.5. The molecule has 0 aromatic heterocycles. The number of rotatable bonds is 7. The molecular formula is C21H16BrCl2NO6. The fourth-order valence-corrected chi connectivity index (χ4v) is 3.46. The van der Waals surface area contributed by atoms with Crippen LogP contribution in [0.2, 0.25) is 10.0 Å². The van der Waals surface area contributed by atoms with Crippen LogP contribution in [-0.4, -0.2) is 38.2 Å². The normalized spacial score (nSPS) is 14.3. The molecule has 7 nitrogen and oxygen atoms in total. The van der Waals surface area contributed by atoms with Gasteiger partial charge in [-0.05, 0) is 64.8 Å². The number of aliphatic imine (C=N–C) groups is 1. The average Bonchev–Trinajstić information content (AvgIpc) is 3.09. The van der Waals surface area contributed by atoms with Crippen molar-refractivity contribution in [1.29, 1.82) is 0 Å². The smallest absolute Gasteiger partial charge is 0.363 e. The van der Waals surface area contributed by atoms with Gasteiger partial charge in [-0.3, -0.25) is 0 Å². The first-order valence-corrected chi connectivity index (χ1v) is 10.5. The Bertz CT molecular complexity index is 1100. The van der Waals surface area contributed by atoms with Crippen molar-refractivity contribution in [2.24, 2.45) is 4.99 Å². The Balaban J connectivity index is 1.92. The summed E-state index contributed by atoms with van der Waals surface area (Å²) in [4.78, 5) is 28.0. The lowest BCUT2D eigenvalue weighted by molar-refractivity contribution is -0.143. The molecular weight excluding hydrogens is 513 g/mol. The summed E-state index contributed by atoms with van der Waals surface area (Å²) in [6.45, 7) is 1.90. The van der Waals surface area contributed by atoms with Crippen LogP contribution in [-0.2, 0) is 19.1 Å². The van der Waals surface area contributed by atoms with E-state index in [1.54, 1.807) is 36.4 Å². The minimum atomic E-state index is -0.610. The highest BCUT2D eigenvalue weighted by Crippen LogP contribution is 2.38. The summed E-state index contributed by atoms with van der Waals surface area (Å²) >= 11 is 15.4. The number of hydrogen-bond acceptors (Lipinski definition) is 7. The zero-order chi connectivity index (χ0) is 22.5. The van der Waals surface area contributed by atoms with Gasteiger partial charge >= 0.3 is 11.9 Å². The molecule has 0 spiro atoms. The van der Waals surface area contributed by atoms with Crippen molar-refractivity contribution in [3.63, 3.8) is 0 Å². The quantitative estimate of drug-likeness (QED) is 0.369. The molecule has 0 fully saturated rings. The number of halogens is 3. The van der Waals surface area contributed by atoms with E-state index in [0.29, 0.717) is 43.8 Å². The molecule has 1 heterocycles. The van der Waals surface area contributed by atoms with Crippen molar-refractivity contribution < 1.29 is 28.5 Å². The molecule has 0 bridgehead atoms. The molecule has 0 saturated heterocycles. The summed E-state index contributed by atoms with van der Waals surface area (Å²) in [5, 5.41) is 0.706. The largest absolute Gasteiger partial charge is 0.490 e. The van der Waals surface area contributed by atoms with Crippen LogP contribution in [0.25, 0.3) is 6.08 Å². The molecule has 0 unspecified atom stereocenters. The first-order valence-electron chi connectivity index (χ1n) is 8.96. The standard InChI is InChI=1S/C21H16BrCl2NO6/c1-3-29-17-8-11(6-13(22)19(17)30-10-18(26)28-2)7-16-21(27)31-20(25-16)12-4-5-14(23)15(24)9-12/h4-9H,3,10H2,1-2H3/b16-7-. The molecule has 0 aliphatic carbocycles. The SMILES string of the molecule is CCOc1cc(/C=C2\N=C(c3ccc(Cl)c(Cl)c3)OC2=O)cc(Br)c1OCC(=O)OC. The lowest BCUT2D eigenvalue weighted by Crippen LogP contribution is -2.13. The van der Waals surface area contributed by atoms with Crippen molar-refractivity contribution >= 4 is 63.0 Å². The highest BCUT2D eigenvalue weighted by molar-refractivity contribution is 9.10. The highest BCUT2D eigenvalue weighted by atomic mass is 79.9. The summed E-state index contributed by atoms with van der Waals surface area (Å²) < 4.78 is 21.5.